The summed E-state index contributed by atoms with van der Waals surface area (Å²) in [6.45, 7) is 3.30. The Labute approximate surface area is 130 Å². The van der Waals surface area contributed by atoms with E-state index in [1.54, 1.807) is 38.5 Å². The SMILES string of the molecule is COCC(C)NC(N)=NCCNC(=O)c1ccc(OC)cc1. The molecule has 1 rings (SSSR count). The summed E-state index contributed by atoms with van der Waals surface area (Å²) in [6.07, 6.45) is 0. The van der Waals surface area contributed by atoms with E-state index in [1.807, 2.05) is 6.92 Å². The number of carbonyl (C=O) groups is 1. The molecule has 1 atom stereocenters. The summed E-state index contributed by atoms with van der Waals surface area (Å²) in [6, 6.07) is 6.99. The maximum Gasteiger partial charge on any atom is 0.251 e. The normalized spacial score (nSPS) is 12.6. The molecule has 7 nitrogen and oxygen atoms in total. The van der Waals surface area contributed by atoms with Gasteiger partial charge in [0.05, 0.1) is 20.3 Å². The Morgan fingerprint density at radius 3 is 2.59 bits per heavy atom. The van der Waals surface area contributed by atoms with Gasteiger partial charge in [-0.15, -0.1) is 0 Å². The summed E-state index contributed by atoms with van der Waals surface area (Å²) < 4.78 is 10.0. The first-order chi connectivity index (χ1) is 10.6. The lowest BCUT2D eigenvalue weighted by Crippen LogP contribution is -2.41. The van der Waals surface area contributed by atoms with Crippen molar-refractivity contribution in [2.24, 2.45) is 10.7 Å². The number of benzene rings is 1. The number of guanidine groups is 1. The Morgan fingerprint density at radius 2 is 2.00 bits per heavy atom. The van der Waals surface area contributed by atoms with Crippen LogP contribution in [-0.4, -0.2) is 51.8 Å². The molecule has 0 aliphatic rings. The van der Waals surface area contributed by atoms with Gasteiger partial charge < -0.3 is 25.8 Å². The van der Waals surface area contributed by atoms with Crippen LogP contribution in [0.1, 0.15) is 17.3 Å². The van der Waals surface area contributed by atoms with E-state index in [9.17, 15) is 4.79 Å². The second-order valence-corrected chi connectivity index (χ2v) is 4.75. The molecule has 0 radical (unpaired) electrons. The topological polar surface area (TPSA) is 98.0 Å². The van der Waals surface area contributed by atoms with Crippen LogP contribution in [-0.2, 0) is 4.74 Å². The molecule has 0 heterocycles. The van der Waals surface area contributed by atoms with Crippen molar-refractivity contribution in [3.8, 4) is 5.75 Å². The smallest absolute Gasteiger partial charge is 0.251 e. The molecule has 0 saturated heterocycles. The highest BCUT2D eigenvalue weighted by Gasteiger charge is 2.05. The summed E-state index contributed by atoms with van der Waals surface area (Å²) in [5.41, 5.74) is 6.30. The summed E-state index contributed by atoms with van der Waals surface area (Å²) >= 11 is 0. The number of rotatable bonds is 8. The molecule has 0 fully saturated rings. The Morgan fingerprint density at radius 1 is 1.32 bits per heavy atom. The Kier molecular flexibility index (Phi) is 7.77. The second kappa shape index (κ2) is 9.62. The van der Waals surface area contributed by atoms with E-state index in [1.165, 1.54) is 0 Å². The van der Waals surface area contributed by atoms with Crippen LogP contribution in [0.2, 0.25) is 0 Å². The Bertz CT molecular complexity index is 488. The number of methoxy groups -OCH3 is 2. The van der Waals surface area contributed by atoms with Gasteiger partial charge in [-0.2, -0.15) is 0 Å². The fourth-order valence-corrected chi connectivity index (χ4v) is 1.78. The molecular weight excluding hydrogens is 284 g/mol. The molecule has 0 spiro atoms. The van der Waals surface area contributed by atoms with Gasteiger partial charge in [0.15, 0.2) is 5.96 Å². The minimum Gasteiger partial charge on any atom is -0.497 e. The zero-order chi connectivity index (χ0) is 16.4. The van der Waals surface area contributed by atoms with Crippen LogP contribution in [0.4, 0.5) is 0 Å². The highest BCUT2D eigenvalue weighted by Crippen LogP contribution is 2.10. The first kappa shape index (κ1) is 17.8. The average Bonchev–Trinajstić information content (AvgIpc) is 2.51. The van der Waals surface area contributed by atoms with Gasteiger partial charge in [0.25, 0.3) is 5.91 Å². The summed E-state index contributed by atoms with van der Waals surface area (Å²) in [4.78, 5) is 16.0. The van der Waals surface area contributed by atoms with Crippen molar-refractivity contribution in [3.63, 3.8) is 0 Å². The van der Waals surface area contributed by atoms with Crippen molar-refractivity contribution in [2.45, 2.75) is 13.0 Å². The molecule has 0 aromatic heterocycles. The van der Waals surface area contributed by atoms with Crippen molar-refractivity contribution in [1.29, 1.82) is 0 Å². The number of nitrogens with two attached hydrogens (primary N) is 1. The number of hydrogen-bond donors (Lipinski definition) is 3. The van der Waals surface area contributed by atoms with Crippen LogP contribution in [0.25, 0.3) is 0 Å². The maximum atomic E-state index is 11.9. The van der Waals surface area contributed by atoms with Crippen LogP contribution in [0.3, 0.4) is 0 Å². The average molecular weight is 308 g/mol. The number of nitrogens with zero attached hydrogens (tertiary/aromatic N) is 1. The number of aliphatic imine (C=N–C) groups is 1. The first-order valence-electron chi connectivity index (χ1n) is 7.04. The van der Waals surface area contributed by atoms with Gasteiger partial charge in [0, 0.05) is 25.3 Å². The van der Waals surface area contributed by atoms with Crippen LogP contribution in [0.15, 0.2) is 29.3 Å². The Balaban J connectivity index is 2.32. The van der Waals surface area contributed by atoms with E-state index in [0.29, 0.717) is 37.0 Å². The predicted octanol–water partition coefficient (Wildman–Crippen LogP) is 0.364. The zero-order valence-electron chi connectivity index (χ0n) is 13.3. The van der Waals surface area contributed by atoms with Crippen molar-refractivity contribution in [3.05, 3.63) is 29.8 Å². The minimum absolute atomic E-state index is 0.0858. The van der Waals surface area contributed by atoms with Crippen molar-refractivity contribution < 1.29 is 14.3 Å². The van der Waals surface area contributed by atoms with E-state index < -0.39 is 0 Å². The van der Waals surface area contributed by atoms with E-state index >= 15 is 0 Å². The van der Waals surface area contributed by atoms with Gasteiger partial charge in [-0.3, -0.25) is 9.79 Å². The molecule has 1 aromatic carbocycles. The lowest BCUT2D eigenvalue weighted by atomic mass is 10.2. The second-order valence-electron chi connectivity index (χ2n) is 4.75. The van der Waals surface area contributed by atoms with E-state index in [-0.39, 0.29) is 11.9 Å². The van der Waals surface area contributed by atoms with Gasteiger partial charge in [-0.05, 0) is 31.2 Å². The third kappa shape index (κ3) is 6.45. The van der Waals surface area contributed by atoms with Crippen LogP contribution >= 0.6 is 0 Å². The molecule has 0 aliphatic carbocycles. The van der Waals surface area contributed by atoms with Crippen LogP contribution in [0.5, 0.6) is 5.75 Å². The summed E-state index contributed by atoms with van der Waals surface area (Å²) in [5, 5.41) is 5.76. The molecule has 7 heteroatoms. The van der Waals surface area contributed by atoms with Crippen molar-refractivity contribution >= 4 is 11.9 Å². The van der Waals surface area contributed by atoms with Gasteiger partial charge in [0.2, 0.25) is 0 Å². The van der Waals surface area contributed by atoms with E-state index in [4.69, 9.17) is 15.2 Å². The highest BCUT2D eigenvalue weighted by atomic mass is 16.5. The molecule has 1 aromatic rings. The maximum absolute atomic E-state index is 11.9. The predicted molar refractivity (Wildman–Crippen MR) is 86.3 cm³/mol. The highest BCUT2D eigenvalue weighted by molar-refractivity contribution is 5.94. The van der Waals surface area contributed by atoms with Crippen LogP contribution < -0.4 is 21.1 Å². The van der Waals surface area contributed by atoms with Crippen LogP contribution in [0, 0.1) is 0 Å². The number of nitrogens with one attached hydrogen (secondary N) is 2. The summed E-state index contributed by atoms with van der Waals surface area (Å²) in [7, 11) is 3.21. The lowest BCUT2D eigenvalue weighted by molar-refractivity contribution is 0.0955. The van der Waals surface area contributed by atoms with E-state index in [2.05, 4.69) is 15.6 Å². The van der Waals surface area contributed by atoms with Gasteiger partial charge in [-0.25, -0.2) is 0 Å². The monoisotopic (exact) mass is 308 g/mol. The third-order valence-electron chi connectivity index (χ3n) is 2.84. The molecule has 1 amide bonds. The Hall–Kier alpha value is -2.28. The van der Waals surface area contributed by atoms with E-state index in [0.717, 1.165) is 0 Å². The molecule has 0 bridgehead atoms. The molecule has 1 unspecified atom stereocenters. The zero-order valence-corrected chi connectivity index (χ0v) is 13.3. The van der Waals surface area contributed by atoms with Gasteiger partial charge in [-0.1, -0.05) is 0 Å². The fraction of sp³-hybridized carbons (Fsp3) is 0.467. The number of carbonyl (C=O) groups excluding carboxylic acids is 1. The molecule has 0 saturated carbocycles. The number of hydrogen-bond acceptors (Lipinski definition) is 4. The van der Waals surface area contributed by atoms with Gasteiger partial charge >= 0.3 is 0 Å². The standard InChI is InChI=1S/C15H24N4O3/c1-11(10-21-2)19-15(16)18-9-8-17-14(20)12-4-6-13(22-3)7-5-12/h4-7,11H,8-10H2,1-3H3,(H,17,20)(H3,16,18,19). The minimum atomic E-state index is -0.155. The molecular formula is C15H24N4O3. The fourth-order valence-electron chi connectivity index (χ4n) is 1.78. The molecule has 4 N–H and O–H groups in total. The van der Waals surface area contributed by atoms with Gasteiger partial charge in [0.1, 0.15) is 5.75 Å². The lowest BCUT2D eigenvalue weighted by Gasteiger charge is -2.13. The molecule has 22 heavy (non-hydrogen) atoms. The molecule has 122 valence electrons. The number of amides is 1. The first-order valence-corrected chi connectivity index (χ1v) is 7.04. The quantitative estimate of drug-likeness (QED) is 0.366. The summed E-state index contributed by atoms with van der Waals surface area (Å²) in [5.74, 6) is 0.894. The number of ether oxygens (including phenoxy) is 2. The molecule has 0 aliphatic heterocycles. The third-order valence-corrected chi connectivity index (χ3v) is 2.84. The van der Waals surface area contributed by atoms with Crippen molar-refractivity contribution in [1.82, 2.24) is 10.6 Å². The van der Waals surface area contributed by atoms with Crippen molar-refractivity contribution in [2.75, 3.05) is 33.9 Å². The largest absolute Gasteiger partial charge is 0.497 e.